The fourth-order valence-corrected chi connectivity index (χ4v) is 10.3. The molecule has 12 heteroatoms. The van der Waals surface area contributed by atoms with E-state index in [9.17, 15) is 29.4 Å². The van der Waals surface area contributed by atoms with E-state index in [-0.39, 0.29) is 52.2 Å². The minimum Gasteiger partial charge on any atom is -0.478 e. The average molecular weight is 732 g/mol. The molecule has 3 aromatic carbocycles. The van der Waals surface area contributed by atoms with Crippen LogP contribution in [0.1, 0.15) is 110 Å². The number of carboxylic acids is 2. The lowest BCUT2D eigenvalue weighted by Crippen LogP contribution is -2.51. The molecule has 4 bridgehead atoms. The van der Waals surface area contributed by atoms with Crippen molar-refractivity contribution in [2.75, 3.05) is 18.4 Å². The number of imidazole rings is 1. The highest BCUT2D eigenvalue weighted by atomic mass is 16.4. The highest BCUT2D eigenvalue weighted by molar-refractivity contribution is 6.11. The van der Waals surface area contributed by atoms with Crippen LogP contribution in [0.5, 0.6) is 0 Å². The Labute approximate surface area is 312 Å². The SMILES string of the molecule is O=C(O)c1cc(NC(=O)C2Cc3ccccc3CCCCCN2C(=O)c2cc3[nH]cnc3cc2C(=O)NCC23CC4CC(CC(C4)C2)C3)cc(C(=O)O)c1. The van der Waals surface area contributed by atoms with Gasteiger partial charge in [-0.1, -0.05) is 30.7 Å². The van der Waals surface area contributed by atoms with E-state index in [4.69, 9.17) is 0 Å². The van der Waals surface area contributed by atoms with E-state index in [0.29, 0.717) is 24.0 Å². The first-order valence-corrected chi connectivity index (χ1v) is 19.1. The molecule has 4 aromatic rings. The molecule has 4 saturated carbocycles. The Morgan fingerprint density at radius 2 is 1.48 bits per heavy atom. The largest absolute Gasteiger partial charge is 0.478 e. The molecule has 12 nitrogen and oxygen atoms in total. The quantitative estimate of drug-likeness (QED) is 0.140. The number of carbonyl (C=O) groups is 5. The number of fused-ring (bicyclic) bond motifs is 2. The molecule has 1 atom stereocenters. The van der Waals surface area contributed by atoms with Crippen molar-refractivity contribution in [1.29, 1.82) is 0 Å². The van der Waals surface area contributed by atoms with Crippen LogP contribution in [0.3, 0.4) is 0 Å². The Morgan fingerprint density at radius 3 is 2.15 bits per heavy atom. The van der Waals surface area contributed by atoms with Gasteiger partial charge in [0, 0.05) is 25.2 Å². The van der Waals surface area contributed by atoms with Crippen LogP contribution in [0.25, 0.3) is 11.0 Å². The first kappa shape index (κ1) is 35.5. The van der Waals surface area contributed by atoms with Crippen LogP contribution in [0, 0.1) is 23.2 Å². The molecule has 4 aliphatic carbocycles. The molecule has 2 heterocycles. The van der Waals surface area contributed by atoms with Crippen molar-refractivity contribution < 1.29 is 34.2 Å². The van der Waals surface area contributed by atoms with Gasteiger partial charge in [0.15, 0.2) is 0 Å². The van der Waals surface area contributed by atoms with Gasteiger partial charge in [-0.15, -0.1) is 0 Å². The molecule has 1 unspecified atom stereocenters. The second-order valence-electron chi connectivity index (χ2n) is 16.1. The Kier molecular flexibility index (Phi) is 9.45. The highest BCUT2D eigenvalue weighted by Gasteiger charge is 2.51. The number of aromatic carboxylic acids is 2. The van der Waals surface area contributed by atoms with Crippen LogP contribution < -0.4 is 10.6 Å². The standard InChI is InChI=1S/C42H45N5O7/c48-37(43-22-42-19-24-10-25(20-42)12-26(11-24)21-42)32-17-34-35(45-23-44-34)18-33(32)39(50)47-9-5-1-2-6-27-7-3-4-8-28(27)16-36(47)38(49)46-31-14-29(40(51)52)13-30(15-31)41(53)54/h3-4,7-8,13-15,17-18,23-26,36H,1-2,5-6,9-12,16,19-22H2,(H,43,48)(H,44,45)(H,46,49)(H,51,52)(H,53,54). The predicted octanol–water partition coefficient (Wildman–Crippen LogP) is 6.32. The van der Waals surface area contributed by atoms with E-state index >= 15 is 4.79 Å². The summed E-state index contributed by atoms with van der Waals surface area (Å²) in [6.07, 6.45) is 12.0. The van der Waals surface area contributed by atoms with Crippen LogP contribution in [0.4, 0.5) is 5.69 Å². The fraction of sp³-hybridized carbons (Fsp3) is 0.429. The van der Waals surface area contributed by atoms with Gasteiger partial charge in [-0.25, -0.2) is 14.6 Å². The van der Waals surface area contributed by atoms with Crippen molar-refractivity contribution >= 4 is 46.4 Å². The molecular formula is C42H45N5O7. The van der Waals surface area contributed by atoms with Gasteiger partial charge in [0.2, 0.25) is 5.91 Å². The molecule has 5 aliphatic rings. The fourth-order valence-electron chi connectivity index (χ4n) is 10.3. The Morgan fingerprint density at radius 1 is 0.815 bits per heavy atom. The summed E-state index contributed by atoms with van der Waals surface area (Å²) in [5.41, 5.74) is 2.89. The van der Waals surface area contributed by atoms with Gasteiger partial charge < -0.3 is 30.7 Å². The number of H-pyrrole nitrogens is 1. The lowest BCUT2D eigenvalue weighted by Gasteiger charge is -2.56. The number of hydrogen-bond donors (Lipinski definition) is 5. The Hall–Kier alpha value is -5.52. The second kappa shape index (κ2) is 14.4. The number of hydrogen-bond acceptors (Lipinski definition) is 6. The van der Waals surface area contributed by atoms with Crippen molar-refractivity contribution in [1.82, 2.24) is 20.2 Å². The zero-order valence-electron chi connectivity index (χ0n) is 30.1. The van der Waals surface area contributed by atoms with Gasteiger partial charge in [-0.3, -0.25) is 14.4 Å². The number of amides is 3. The first-order chi connectivity index (χ1) is 26.0. The van der Waals surface area contributed by atoms with Crippen LogP contribution in [-0.2, 0) is 17.6 Å². The number of rotatable bonds is 8. The summed E-state index contributed by atoms with van der Waals surface area (Å²) >= 11 is 0. The number of aryl methyl sites for hydroxylation is 1. The molecule has 4 fully saturated rings. The number of carboxylic acid groups (broad SMARTS) is 2. The van der Waals surface area contributed by atoms with E-state index in [1.807, 2.05) is 24.3 Å². The molecule has 280 valence electrons. The summed E-state index contributed by atoms with van der Waals surface area (Å²) in [7, 11) is 0. The van der Waals surface area contributed by atoms with Gasteiger partial charge in [0.1, 0.15) is 6.04 Å². The number of benzene rings is 3. The monoisotopic (exact) mass is 731 g/mol. The maximum atomic E-state index is 15.0. The molecule has 0 radical (unpaired) electrons. The van der Waals surface area contributed by atoms with E-state index in [1.165, 1.54) is 42.6 Å². The van der Waals surface area contributed by atoms with Gasteiger partial charge >= 0.3 is 11.9 Å². The van der Waals surface area contributed by atoms with Crippen LogP contribution in [0.15, 0.2) is 60.9 Å². The minimum atomic E-state index is -1.35. The Balaban J connectivity index is 1.14. The maximum Gasteiger partial charge on any atom is 0.335 e. The van der Waals surface area contributed by atoms with E-state index in [0.717, 1.165) is 73.5 Å². The van der Waals surface area contributed by atoms with Crippen molar-refractivity contribution in [2.24, 2.45) is 23.2 Å². The molecule has 5 N–H and O–H groups in total. The number of aromatic amines is 1. The number of nitrogens with one attached hydrogen (secondary N) is 3. The van der Waals surface area contributed by atoms with Crippen molar-refractivity contribution in [2.45, 2.75) is 76.7 Å². The van der Waals surface area contributed by atoms with Gasteiger partial charge in [0.25, 0.3) is 11.8 Å². The summed E-state index contributed by atoms with van der Waals surface area (Å²) in [4.78, 5) is 76.4. The lowest BCUT2D eigenvalue weighted by atomic mass is 9.49. The summed E-state index contributed by atoms with van der Waals surface area (Å²) in [6, 6.07) is 13.4. The van der Waals surface area contributed by atoms with Crippen molar-refractivity contribution in [3.05, 3.63) is 94.3 Å². The normalized spacial score (nSPS) is 24.8. The van der Waals surface area contributed by atoms with Crippen molar-refractivity contribution in [3.63, 3.8) is 0 Å². The molecule has 0 spiro atoms. The number of aromatic nitrogens is 2. The molecular weight excluding hydrogens is 686 g/mol. The molecule has 3 amide bonds. The van der Waals surface area contributed by atoms with Crippen molar-refractivity contribution in [3.8, 4) is 0 Å². The van der Waals surface area contributed by atoms with E-state index < -0.39 is 29.8 Å². The third-order valence-corrected chi connectivity index (χ3v) is 12.3. The summed E-state index contributed by atoms with van der Waals surface area (Å²) in [5.74, 6) is -1.96. The average Bonchev–Trinajstić information content (AvgIpc) is 3.61. The predicted molar refractivity (Wildman–Crippen MR) is 201 cm³/mol. The number of carbonyl (C=O) groups excluding carboxylic acids is 3. The topological polar surface area (TPSA) is 182 Å². The molecule has 54 heavy (non-hydrogen) atoms. The zero-order valence-corrected chi connectivity index (χ0v) is 30.1. The van der Waals surface area contributed by atoms with E-state index in [2.05, 4.69) is 20.6 Å². The number of anilines is 1. The molecule has 1 aromatic heterocycles. The van der Waals surface area contributed by atoms with Crippen LogP contribution in [-0.4, -0.2) is 73.9 Å². The second-order valence-corrected chi connectivity index (χ2v) is 16.1. The lowest BCUT2D eigenvalue weighted by molar-refractivity contribution is -0.120. The van der Waals surface area contributed by atoms with Crippen LogP contribution >= 0.6 is 0 Å². The van der Waals surface area contributed by atoms with E-state index in [1.54, 1.807) is 12.1 Å². The molecule has 0 saturated heterocycles. The minimum absolute atomic E-state index is 0.0151. The van der Waals surface area contributed by atoms with Gasteiger partial charge in [-0.2, -0.15) is 0 Å². The summed E-state index contributed by atoms with van der Waals surface area (Å²) in [5, 5.41) is 25.3. The maximum absolute atomic E-state index is 15.0. The highest BCUT2D eigenvalue weighted by Crippen LogP contribution is 2.59. The zero-order chi connectivity index (χ0) is 37.6. The smallest absolute Gasteiger partial charge is 0.335 e. The molecule has 1 aliphatic heterocycles. The summed E-state index contributed by atoms with van der Waals surface area (Å²) < 4.78 is 0. The first-order valence-electron chi connectivity index (χ1n) is 19.1. The molecule has 9 rings (SSSR count). The van der Waals surface area contributed by atoms with Crippen LogP contribution in [0.2, 0.25) is 0 Å². The Bertz CT molecular complexity index is 2090. The number of nitrogens with zero attached hydrogens (tertiary/aromatic N) is 2. The third-order valence-electron chi connectivity index (χ3n) is 12.3. The third kappa shape index (κ3) is 7.09. The van der Waals surface area contributed by atoms with Gasteiger partial charge in [0.05, 0.1) is 39.6 Å². The summed E-state index contributed by atoms with van der Waals surface area (Å²) in [6.45, 7) is 0.783. The van der Waals surface area contributed by atoms with Gasteiger partial charge in [-0.05, 0) is 122 Å².